The molecule has 114 valence electrons. The van der Waals surface area contributed by atoms with Gasteiger partial charge in [0.05, 0.1) is 11.7 Å². The first-order valence-electron chi connectivity index (χ1n) is 7.26. The van der Waals surface area contributed by atoms with Crippen molar-refractivity contribution in [2.45, 2.75) is 19.4 Å². The van der Waals surface area contributed by atoms with Gasteiger partial charge in [-0.2, -0.15) is 5.10 Å². The van der Waals surface area contributed by atoms with Crippen LogP contribution in [-0.2, 0) is 11.8 Å². The van der Waals surface area contributed by atoms with Gasteiger partial charge < -0.3 is 9.88 Å². The molecule has 0 radical (unpaired) electrons. The maximum absolute atomic E-state index is 12.6. The van der Waals surface area contributed by atoms with Gasteiger partial charge in [0, 0.05) is 24.9 Å². The van der Waals surface area contributed by atoms with Crippen LogP contribution in [0.3, 0.4) is 0 Å². The number of para-hydroxylation sites is 1. The van der Waals surface area contributed by atoms with E-state index in [-0.39, 0.29) is 11.5 Å². The Morgan fingerprint density at radius 2 is 2.05 bits per heavy atom. The number of likely N-dealkylation sites (N-methyl/N-ethyl adjacent to an activating group) is 1. The van der Waals surface area contributed by atoms with Crippen LogP contribution >= 0.6 is 0 Å². The van der Waals surface area contributed by atoms with E-state index >= 15 is 0 Å². The van der Waals surface area contributed by atoms with Crippen LogP contribution in [-0.4, -0.2) is 27.3 Å². The van der Waals surface area contributed by atoms with Crippen molar-refractivity contribution in [3.8, 4) is 0 Å². The Labute approximate surface area is 127 Å². The molecule has 1 aromatic carbocycles. The third-order valence-electron chi connectivity index (χ3n) is 4.05. The Morgan fingerprint density at radius 1 is 1.32 bits per heavy atom. The lowest BCUT2D eigenvalue weighted by molar-refractivity contribution is -0.123. The number of nitrogens with one attached hydrogen (secondary N) is 1. The summed E-state index contributed by atoms with van der Waals surface area (Å²) < 4.78 is 3.14. The summed E-state index contributed by atoms with van der Waals surface area (Å²) in [4.78, 5) is 24.9. The van der Waals surface area contributed by atoms with Gasteiger partial charge in [-0.25, -0.2) is 4.68 Å². The molecule has 0 aliphatic carbocycles. The van der Waals surface area contributed by atoms with E-state index < -0.39 is 6.04 Å². The van der Waals surface area contributed by atoms with Crippen LogP contribution in [0.1, 0.15) is 19.4 Å². The molecule has 3 aromatic rings. The molecule has 1 atom stereocenters. The lowest BCUT2D eigenvalue weighted by Gasteiger charge is -2.18. The van der Waals surface area contributed by atoms with Crippen LogP contribution in [0.15, 0.2) is 35.3 Å². The van der Waals surface area contributed by atoms with Crippen LogP contribution in [0.5, 0.6) is 0 Å². The van der Waals surface area contributed by atoms with Crippen LogP contribution in [0.25, 0.3) is 21.8 Å². The fraction of sp³-hybridized carbons (Fsp3) is 0.312. The molecule has 0 aliphatic rings. The smallest absolute Gasteiger partial charge is 0.291 e. The standard InChI is InChI=1S/C16H18N4O2/c1-4-12(15(21)17-2)20-13-8-6-5-7-10(13)11-9-18-19(3)16(22)14(11)20/h5-9,12H,4H2,1-3H3,(H,17,21)/t12-/m1/s1. The fourth-order valence-electron chi connectivity index (χ4n) is 2.96. The van der Waals surface area contributed by atoms with E-state index in [2.05, 4.69) is 10.4 Å². The Hall–Kier alpha value is -2.63. The first kappa shape index (κ1) is 14.3. The normalized spacial score (nSPS) is 12.7. The predicted octanol–water partition coefficient (Wildman–Crippen LogP) is 1.59. The molecule has 2 aromatic heterocycles. The quantitative estimate of drug-likeness (QED) is 0.798. The topological polar surface area (TPSA) is 68.9 Å². The third-order valence-corrected chi connectivity index (χ3v) is 4.05. The minimum absolute atomic E-state index is 0.107. The molecule has 1 amide bonds. The molecule has 0 saturated heterocycles. The van der Waals surface area contributed by atoms with Crippen molar-refractivity contribution in [3.05, 3.63) is 40.8 Å². The zero-order chi connectivity index (χ0) is 15.9. The van der Waals surface area contributed by atoms with Crippen molar-refractivity contribution in [2.75, 3.05) is 7.05 Å². The van der Waals surface area contributed by atoms with Gasteiger partial charge in [0.15, 0.2) is 0 Å². The van der Waals surface area contributed by atoms with Gasteiger partial charge in [0.2, 0.25) is 5.91 Å². The van der Waals surface area contributed by atoms with Crippen LogP contribution in [0.2, 0.25) is 0 Å². The van der Waals surface area contributed by atoms with Gasteiger partial charge in [-0.3, -0.25) is 9.59 Å². The average Bonchev–Trinajstić information content (AvgIpc) is 2.87. The van der Waals surface area contributed by atoms with Gasteiger partial charge in [-0.15, -0.1) is 0 Å². The summed E-state index contributed by atoms with van der Waals surface area (Å²) in [5.41, 5.74) is 1.20. The number of carbonyl (C=O) groups excluding carboxylic acids is 1. The highest BCUT2D eigenvalue weighted by Gasteiger charge is 2.24. The van der Waals surface area contributed by atoms with Crippen molar-refractivity contribution in [1.82, 2.24) is 19.7 Å². The van der Waals surface area contributed by atoms with E-state index in [0.717, 1.165) is 16.3 Å². The van der Waals surface area contributed by atoms with E-state index in [9.17, 15) is 9.59 Å². The SMILES string of the molecule is CC[C@H](C(=O)NC)n1c2ccccc2c2cnn(C)c(=O)c21. The highest BCUT2D eigenvalue weighted by atomic mass is 16.2. The molecule has 6 heteroatoms. The third kappa shape index (κ3) is 1.91. The van der Waals surface area contributed by atoms with Gasteiger partial charge in [0.1, 0.15) is 11.6 Å². The second kappa shape index (κ2) is 5.29. The molecule has 0 unspecified atom stereocenters. The molecule has 2 heterocycles. The van der Waals surface area contributed by atoms with Crippen LogP contribution in [0, 0.1) is 0 Å². The van der Waals surface area contributed by atoms with Gasteiger partial charge >= 0.3 is 0 Å². The summed E-state index contributed by atoms with van der Waals surface area (Å²) in [7, 11) is 3.23. The molecule has 0 spiro atoms. The second-order valence-corrected chi connectivity index (χ2v) is 5.26. The molecular weight excluding hydrogens is 280 g/mol. The van der Waals surface area contributed by atoms with Crippen molar-refractivity contribution < 1.29 is 4.79 Å². The van der Waals surface area contributed by atoms with Crippen LogP contribution in [0.4, 0.5) is 0 Å². The Bertz CT molecular complexity index is 923. The summed E-state index contributed by atoms with van der Waals surface area (Å²) in [5, 5.41) is 8.51. The molecule has 0 fully saturated rings. The first-order valence-corrected chi connectivity index (χ1v) is 7.26. The second-order valence-electron chi connectivity index (χ2n) is 5.26. The predicted molar refractivity (Wildman–Crippen MR) is 85.9 cm³/mol. The van der Waals surface area contributed by atoms with Crippen molar-refractivity contribution in [3.63, 3.8) is 0 Å². The van der Waals surface area contributed by atoms with Crippen molar-refractivity contribution in [1.29, 1.82) is 0 Å². The van der Waals surface area contributed by atoms with Crippen LogP contribution < -0.4 is 10.9 Å². The Morgan fingerprint density at radius 3 is 2.73 bits per heavy atom. The molecule has 0 aliphatic heterocycles. The number of aryl methyl sites for hydroxylation is 1. The van der Waals surface area contributed by atoms with Gasteiger partial charge in [0.25, 0.3) is 5.56 Å². The van der Waals surface area contributed by atoms with E-state index in [1.807, 2.05) is 35.8 Å². The zero-order valence-electron chi connectivity index (χ0n) is 12.8. The first-order chi connectivity index (χ1) is 10.6. The van der Waals surface area contributed by atoms with E-state index in [1.54, 1.807) is 20.3 Å². The highest BCUT2D eigenvalue weighted by molar-refractivity contribution is 6.08. The monoisotopic (exact) mass is 298 g/mol. The summed E-state index contributed by atoms with van der Waals surface area (Å²) in [6.45, 7) is 1.94. The molecule has 3 rings (SSSR count). The molecule has 6 nitrogen and oxygen atoms in total. The molecule has 0 bridgehead atoms. The Balaban J connectivity index is 2.51. The number of hydrogen-bond donors (Lipinski definition) is 1. The number of fused-ring (bicyclic) bond motifs is 3. The number of benzene rings is 1. The van der Waals surface area contributed by atoms with Crippen molar-refractivity contribution >= 4 is 27.7 Å². The zero-order valence-corrected chi connectivity index (χ0v) is 12.8. The average molecular weight is 298 g/mol. The van der Waals surface area contributed by atoms with Crippen molar-refractivity contribution in [2.24, 2.45) is 7.05 Å². The lowest BCUT2D eigenvalue weighted by Crippen LogP contribution is -2.31. The minimum atomic E-state index is -0.428. The minimum Gasteiger partial charge on any atom is -0.357 e. The van der Waals surface area contributed by atoms with E-state index in [1.165, 1.54) is 4.68 Å². The largest absolute Gasteiger partial charge is 0.357 e. The number of nitrogens with zero attached hydrogens (tertiary/aromatic N) is 3. The molecule has 1 N–H and O–H groups in total. The number of carbonyl (C=O) groups is 1. The lowest BCUT2D eigenvalue weighted by atomic mass is 10.2. The number of amides is 1. The molecular formula is C16H18N4O2. The Kier molecular flexibility index (Phi) is 3.44. The number of aromatic nitrogens is 3. The summed E-state index contributed by atoms with van der Waals surface area (Å²) >= 11 is 0. The fourth-order valence-corrected chi connectivity index (χ4v) is 2.96. The molecule has 22 heavy (non-hydrogen) atoms. The summed E-state index contributed by atoms with van der Waals surface area (Å²) in [6, 6.07) is 7.28. The van der Waals surface area contributed by atoms with E-state index in [0.29, 0.717) is 11.9 Å². The number of rotatable bonds is 3. The maximum Gasteiger partial charge on any atom is 0.291 e. The van der Waals surface area contributed by atoms with Gasteiger partial charge in [-0.05, 0) is 12.5 Å². The summed E-state index contributed by atoms with van der Waals surface area (Å²) in [5.74, 6) is -0.107. The molecule has 0 saturated carbocycles. The summed E-state index contributed by atoms with van der Waals surface area (Å²) in [6.07, 6.45) is 2.28. The maximum atomic E-state index is 12.6. The highest BCUT2D eigenvalue weighted by Crippen LogP contribution is 2.30. The number of hydrogen-bond acceptors (Lipinski definition) is 3. The van der Waals surface area contributed by atoms with E-state index in [4.69, 9.17) is 0 Å². The van der Waals surface area contributed by atoms with Gasteiger partial charge in [-0.1, -0.05) is 25.1 Å².